The summed E-state index contributed by atoms with van der Waals surface area (Å²) in [5.74, 6) is 1.30. The lowest BCUT2D eigenvalue weighted by atomic mass is 9.55. The summed E-state index contributed by atoms with van der Waals surface area (Å²) in [6.07, 6.45) is 13.7. The zero-order chi connectivity index (χ0) is 13.6. The minimum Gasteiger partial charge on any atom is -0.378 e. The molecule has 2 unspecified atom stereocenters. The molecule has 0 aromatic rings. The lowest BCUT2D eigenvalue weighted by Gasteiger charge is -2.58. The van der Waals surface area contributed by atoms with E-state index < -0.39 is 0 Å². The van der Waals surface area contributed by atoms with Crippen LogP contribution in [-0.2, 0) is 4.74 Å². The van der Waals surface area contributed by atoms with Gasteiger partial charge >= 0.3 is 0 Å². The molecule has 0 saturated heterocycles. The van der Waals surface area contributed by atoms with Crippen molar-refractivity contribution in [1.29, 1.82) is 0 Å². The quantitative estimate of drug-likeness (QED) is 0.685. The highest BCUT2D eigenvalue weighted by molar-refractivity contribution is 7.98. The molecule has 2 nitrogen and oxygen atoms in total. The predicted molar refractivity (Wildman–Crippen MR) is 85.0 cm³/mol. The van der Waals surface area contributed by atoms with E-state index in [1.54, 1.807) is 0 Å². The van der Waals surface area contributed by atoms with Gasteiger partial charge in [-0.2, -0.15) is 11.8 Å². The number of ether oxygens (including phenoxy) is 1. The molecule has 0 aromatic heterocycles. The van der Waals surface area contributed by atoms with Crippen molar-refractivity contribution in [2.45, 2.75) is 70.4 Å². The van der Waals surface area contributed by atoms with E-state index in [9.17, 15) is 0 Å². The van der Waals surface area contributed by atoms with Gasteiger partial charge in [0, 0.05) is 18.1 Å². The maximum Gasteiger partial charge on any atom is 0.0661 e. The minimum atomic E-state index is 0.494. The second-order valence-corrected chi connectivity index (χ2v) is 7.17. The van der Waals surface area contributed by atoms with Gasteiger partial charge in [-0.05, 0) is 57.6 Å². The highest BCUT2D eigenvalue weighted by atomic mass is 32.2. The molecule has 2 aliphatic carbocycles. The van der Waals surface area contributed by atoms with E-state index in [-0.39, 0.29) is 0 Å². The van der Waals surface area contributed by atoms with E-state index in [4.69, 9.17) is 4.74 Å². The number of unbranched alkanes of at least 4 members (excludes halogenated alkanes) is 1. The van der Waals surface area contributed by atoms with Crippen LogP contribution in [0.15, 0.2) is 0 Å². The Morgan fingerprint density at radius 3 is 2.68 bits per heavy atom. The lowest BCUT2D eigenvalue weighted by molar-refractivity contribution is -0.149. The van der Waals surface area contributed by atoms with Crippen molar-refractivity contribution in [3.63, 3.8) is 0 Å². The first-order valence-corrected chi connectivity index (χ1v) is 9.57. The summed E-state index contributed by atoms with van der Waals surface area (Å²) >= 11 is 1.96. The van der Waals surface area contributed by atoms with E-state index >= 15 is 0 Å². The van der Waals surface area contributed by atoms with E-state index in [0.717, 1.165) is 12.6 Å². The third kappa shape index (κ3) is 3.68. The van der Waals surface area contributed by atoms with Gasteiger partial charge in [-0.3, -0.25) is 0 Å². The largest absolute Gasteiger partial charge is 0.378 e. The standard InChI is InChI=1S/C16H31NOS/c1-3-18-15-13-14(17-11-7-8-12-19-2)16(15)9-5-4-6-10-16/h14-15,17H,3-13H2,1-2H3. The SMILES string of the molecule is CCOC1CC(NCCCCSC)C12CCCCC2. The van der Waals surface area contributed by atoms with Crippen LogP contribution in [0.1, 0.15) is 58.3 Å². The van der Waals surface area contributed by atoms with Crippen molar-refractivity contribution < 1.29 is 4.74 Å². The van der Waals surface area contributed by atoms with Gasteiger partial charge in [0.15, 0.2) is 0 Å². The molecule has 0 amide bonds. The van der Waals surface area contributed by atoms with Crippen molar-refractivity contribution in [1.82, 2.24) is 5.32 Å². The highest BCUT2D eigenvalue weighted by Gasteiger charge is 2.55. The van der Waals surface area contributed by atoms with Gasteiger partial charge in [-0.1, -0.05) is 19.3 Å². The van der Waals surface area contributed by atoms with Crippen LogP contribution in [0.4, 0.5) is 0 Å². The Balaban J connectivity index is 1.76. The van der Waals surface area contributed by atoms with Crippen molar-refractivity contribution in [2.24, 2.45) is 5.41 Å². The van der Waals surface area contributed by atoms with Gasteiger partial charge in [0.2, 0.25) is 0 Å². The summed E-state index contributed by atoms with van der Waals surface area (Å²) in [5, 5.41) is 3.84. The summed E-state index contributed by atoms with van der Waals surface area (Å²) in [5.41, 5.74) is 0.494. The number of thioether (sulfide) groups is 1. The molecule has 19 heavy (non-hydrogen) atoms. The van der Waals surface area contributed by atoms with Crippen molar-refractivity contribution in [2.75, 3.05) is 25.2 Å². The molecule has 2 aliphatic rings. The zero-order valence-corrected chi connectivity index (χ0v) is 13.6. The summed E-state index contributed by atoms with van der Waals surface area (Å²) in [4.78, 5) is 0. The molecule has 1 spiro atoms. The fraction of sp³-hybridized carbons (Fsp3) is 1.00. The summed E-state index contributed by atoms with van der Waals surface area (Å²) in [6.45, 7) is 4.22. The highest BCUT2D eigenvalue weighted by Crippen LogP contribution is 2.53. The van der Waals surface area contributed by atoms with Crippen LogP contribution in [0.25, 0.3) is 0 Å². The number of nitrogens with one attached hydrogen (secondary N) is 1. The minimum absolute atomic E-state index is 0.494. The van der Waals surface area contributed by atoms with Crippen LogP contribution in [0.2, 0.25) is 0 Å². The fourth-order valence-electron chi connectivity index (χ4n) is 4.00. The molecule has 0 aliphatic heterocycles. The Morgan fingerprint density at radius 1 is 1.21 bits per heavy atom. The molecule has 112 valence electrons. The summed E-state index contributed by atoms with van der Waals surface area (Å²) in [6, 6.07) is 0.735. The molecule has 0 heterocycles. The molecule has 0 aromatic carbocycles. The summed E-state index contributed by atoms with van der Waals surface area (Å²) < 4.78 is 6.00. The number of hydrogen-bond donors (Lipinski definition) is 1. The van der Waals surface area contributed by atoms with Crippen LogP contribution < -0.4 is 5.32 Å². The van der Waals surface area contributed by atoms with E-state index in [1.165, 1.54) is 63.7 Å². The van der Waals surface area contributed by atoms with Crippen molar-refractivity contribution in [3.05, 3.63) is 0 Å². The van der Waals surface area contributed by atoms with Gasteiger partial charge in [0.1, 0.15) is 0 Å². The zero-order valence-electron chi connectivity index (χ0n) is 12.7. The second-order valence-electron chi connectivity index (χ2n) is 6.18. The molecule has 2 fully saturated rings. The average molecular weight is 285 g/mol. The molecule has 3 heteroatoms. The Bertz CT molecular complexity index is 253. The third-order valence-corrected chi connectivity index (χ3v) is 5.80. The predicted octanol–water partition coefficient (Wildman–Crippen LogP) is 3.85. The monoisotopic (exact) mass is 285 g/mol. The lowest BCUT2D eigenvalue weighted by Crippen LogP contribution is -2.64. The van der Waals surface area contributed by atoms with Crippen LogP contribution >= 0.6 is 11.8 Å². The smallest absolute Gasteiger partial charge is 0.0661 e. The number of rotatable bonds is 8. The van der Waals surface area contributed by atoms with Crippen molar-refractivity contribution in [3.8, 4) is 0 Å². The molecule has 0 radical (unpaired) electrons. The van der Waals surface area contributed by atoms with Crippen molar-refractivity contribution >= 4 is 11.8 Å². The normalized spacial score (nSPS) is 29.4. The third-order valence-electron chi connectivity index (χ3n) is 5.10. The van der Waals surface area contributed by atoms with Crippen LogP contribution in [0.3, 0.4) is 0 Å². The Morgan fingerprint density at radius 2 is 2.00 bits per heavy atom. The maximum atomic E-state index is 6.00. The van der Waals surface area contributed by atoms with Gasteiger partial charge in [-0.15, -0.1) is 0 Å². The van der Waals surface area contributed by atoms with Gasteiger partial charge < -0.3 is 10.1 Å². The van der Waals surface area contributed by atoms with Gasteiger partial charge in [0.25, 0.3) is 0 Å². The Hall–Kier alpha value is 0.270. The Kier molecular flexibility index (Phi) is 6.51. The van der Waals surface area contributed by atoms with E-state index in [0.29, 0.717) is 11.5 Å². The molecular formula is C16H31NOS. The Labute approximate surface area is 123 Å². The fourth-order valence-corrected chi connectivity index (χ4v) is 4.49. The molecular weight excluding hydrogens is 254 g/mol. The molecule has 2 saturated carbocycles. The topological polar surface area (TPSA) is 21.3 Å². The first kappa shape index (κ1) is 15.7. The number of hydrogen-bond acceptors (Lipinski definition) is 3. The van der Waals surface area contributed by atoms with Crippen LogP contribution in [-0.4, -0.2) is 37.3 Å². The molecule has 2 rings (SSSR count). The van der Waals surface area contributed by atoms with Gasteiger partial charge in [-0.25, -0.2) is 0 Å². The van der Waals surface area contributed by atoms with Gasteiger partial charge in [0.05, 0.1) is 6.10 Å². The van der Waals surface area contributed by atoms with Crippen LogP contribution in [0, 0.1) is 5.41 Å². The van der Waals surface area contributed by atoms with Crippen LogP contribution in [0.5, 0.6) is 0 Å². The van der Waals surface area contributed by atoms with E-state index in [2.05, 4.69) is 18.5 Å². The first-order chi connectivity index (χ1) is 9.33. The molecule has 2 atom stereocenters. The molecule has 0 bridgehead atoms. The summed E-state index contributed by atoms with van der Waals surface area (Å²) in [7, 11) is 0. The van der Waals surface area contributed by atoms with E-state index in [1.807, 2.05) is 11.8 Å². The second kappa shape index (κ2) is 7.90. The average Bonchev–Trinajstić information content (AvgIpc) is 2.46. The first-order valence-electron chi connectivity index (χ1n) is 8.17. The maximum absolute atomic E-state index is 6.00. The molecule has 1 N–H and O–H groups in total.